The van der Waals surface area contributed by atoms with Crippen molar-refractivity contribution in [3.8, 4) is 51.4 Å². The van der Waals surface area contributed by atoms with Crippen molar-refractivity contribution in [3.63, 3.8) is 0 Å². The molecule has 0 radical (unpaired) electrons. The molecule has 2 atom stereocenters. The first-order chi connectivity index (χ1) is 26.1. The van der Waals surface area contributed by atoms with Crippen molar-refractivity contribution in [2.45, 2.75) is 12.8 Å². The number of hydrogen-bond donors (Lipinski definition) is 0. The molecule has 8 aromatic rings. The standard InChI is InChI=1S/C49H34N4/c1-32-26-45(35-21-23-38(24-22-35)49-52-47(36-13-4-2-5-14-36)51-48(53-49)37-15-6-3-7-16-37)43-18-10-11-19-44(43)46(32)42-28-33(31-50)27-41(30-42)40-25-20-34-12-8-9-17-39(34)29-40/h2-30,32,46H,1H3. The van der Waals surface area contributed by atoms with E-state index in [0.29, 0.717) is 23.0 Å². The average molecular weight is 679 g/mol. The van der Waals surface area contributed by atoms with Crippen molar-refractivity contribution in [3.05, 3.63) is 204 Å². The van der Waals surface area contributed by atoms with Gasteiger partial charge in [0.05, 0.1) is 11.6 Å². The van der Waals surface area contributed by atoms with Crippen LogP contribution in [0.4, 0.5) is 0 Å². The summed E-state index contributed by atoms with van der Waals surface area (Å²) in [5.41, 5.74) is 11.6. The molecule has 4 heteroatoms. The largest absolute Gasteiger partial charge is 0.208 e. The number of benzene rings is 7. The lowest BCUT2D eigenvalue weighted by molar-refractivity contribution is 0.616. The van der Waals surface area contributed by atoms with Crippen molar-refractivity contribution >= 4 is 16.3 Å². The molecule has 0 saturated heterocycles. The molecule has 4 nitrogen and oxygen atoms in total. The van der Waals surface area contributed by atoms with Crippen LogP contribution in [0.5, 0.6) is 0 Å². The van der Waals surface area contributed by atoms with Crippen LogP contribution in [0.2, 0.25) is 0 Å². The Labute approximate surface area is 309 Å². The van der Waals surface area contributed by atoms with Crippen LogP contribution in [-0.2, 0) is 0 Å². The summed E-state index contributed by atoms with van der Waals surface area (Å²) in [5, 5.41) is 12.5. The second kappa shape index (κ2) is 13.6. The number of rotatable bonds is 6. The Morgan fingerprint density at radius 3 is 1.68 bits per heavy atom. The van der Waals surface area contributed by atoms with Crippen LogP contribution in [0.15, 0.2) is 176 Å². The first-order valence-corrected chi connectivity index (χ1v) is 17.9. The van der Waals surface area contributed by atoms with Gasteiger partial charge in [0.15, 0.2) is 17.5 Å². The van der Waals surface area contributed by atoms with Crippen LogP contribution < -0.4 is 0 Å². The van der Waals surface area contributed by atoms with Crippen LogP contribution in [-0.4, -0.2) is 15.0 Å². The lowest BCUT2D eigenvalue weighted by Crippen LogP contribution is -2.17. The number of nitrogens with zero attached hydrogens (tertiary/aromatic N) is 4. The fourth-order valence-electron chi connectivity index (χ4n) is 7.65. The normalized spacial score (nSPS) is 15.0. The highest BCUT2D eigenvalue weighted by atomic mass is 15.0. The van der Waals surface area contributed by atoms with Gasteiger partial charge in [0, 0.05) is 22.6 Å². The lowest BCUT2D eigenvalue weighted by atomic mass is 9.72. The molecule has 250 valence electrons. The quantitative estimate of drug-likeness (QED) is 0.176. The minimum atomic E-state index is 0.0970. The molecule has 7 aromatic carbocycles. The SMILES string of the molecule is CC1C=C(c2ccc(-c3nc(-c4ccccc4)nc(-c4ccccc4)n3)cc2)c2ccccc2C1c1cc(C#N)cc(-c2ccc3ccccc3c2)c1. The van der Waals surface area contributed by atoms with Gasteiger partial charge in [-0.05, 0) is 73.8 Å². The molecule has 0 aliphatic heterocycles. The highest BCUT2D eigenvalue weighted by Gasteiger charge is 2.29. The zero-order valence-corrected chi connectivity index (χ0v) is 29.2. The van der Waals surface area contributed by atoms with Gasteiger partial charge >= 0.3 is 0 Å². The molecule has 0 amide bonds. The van der Waals surface area contributed by atoms with Gasteiger partial charge in [0.2, 0.25) is 0 Å². The van der Waals surface area contributed by atoms with Gasteiger partial charge in [-0.15, -0.1) is 0 Å². The Kier molecular flexibility index (Phi) is 8.23. The van der Waals surface area contributed by atoms with E-state index in [1.54, 1.807) is 0 Å². The molecule has 1 aliphatic carbocycles. The summed E-state index contributed by atoms with van der Waals surface area (Å²) in [5.74, 6) is 2.21. The number of aromatic nitrogens is 3. The van der Waals surface area contributed by atoms with Crippen molar-refractivity contribution < 1.29 is 0 Å². The second-order valence-electron chi connectivity index (χ2n) is 13.6. The van der Waals surface area contributed by atoms with Crippen molar-refractivity contribution in [2.75, 3.05) is 0 Å². The maximum Gasteiger partial charge on any atom is 0.164 e. The van der Waals surface area contributed by atoms with E-state index in [1.807, 2.05) is 66.7 Å². The third kappa shape index (κ3) is 6.20. The van der Waals surface area contributed by atoms with Crippen LogP contribution in [0.1, 0.15) is 40.7 Å². The predicted molar refractivity (Wildman–Crippen MR) is 215 cm³/mol. The van der Waals surface area contributed by atoms with Gasteiger partial charge in [0.1, 0.15) is 0 Å². The molecule has 0 fully saturated rings. The second-order valence-corrected chi connectivity index (χ2v) is 13.6. The molecule has 2 unspecified atom stereocenters. The molecule has 0 saturated carbocycles. The monoisotopic (exact) mass is 678 g/mol. The summed E-state index contributed by atoms with van der Waals surface area (Å²) >= 11 is 0. The van der Waals surface area contributed by atoms with E-state index in [-0.39, 0.29) is 11.8 Å². The van der Waals surface area contributed by atoms with Crippen molar-refractivity contribution in [2.24, 2.45) is 5.92 Å². The third-order valence-corrected chi connectivity index (χ3v) is 10.2. The number of hydrogen-bond acceptors (Lipinski definition) is 4. The van der Waals surface area contributed by atoms with Crippen molar-refractivity contribution in [1.29, 1.82) is 5.26 Å². The van der Waals surface area contributed by atoms with Crippen molar-refractivity contribution in [1.82, 2.24) is 15.0 Å². The summed E-state index contributed by atoms with van der Waals surface area (Å²) in [7, 11) is 0. The third-order valence-electron chi connectivity index (χ3n) is 10.2. The molecular weight excluding hydrogens is 645 g/mol. The van der Waals surface area contributed by atoms with E-state index >= 15 is 0 Å². The van der Waals surface area contributed by atoms with E-state index < -0.39 is 0 Å². The maximum absolute atomic E-state index is 10.1. The topological polar surface area (TPSA) is 62.5 Å². The molecule has 0 N–H and O–H groups in total. The molecule has 0 bridgehead atoms. The Hall–Kier alpha value is -6.96. The van der Waals surface area contributed by atoms with Gasteiger partial charge in [-0.25, -0.2) is 15.0 Å². The van der Waals surface area contributed by atoms with Gasteiger partial charge in [-0.3, -0.25) is 0 Å². The average Bonchev–Trinajstić information content (AvgIpc) is 3.23. The summed E-state index contributed by atoms with van der Waals surface area (Å²) in [6.07, 6.45) is 2.39. The molecule has 1 heterocycles. The fourth-order valence-corrected chi connectivity index (χ4v) is 7.65. The predicted octanol–water partition coefficient (Wildman–Crippen LogP) is 11.8. The summed E-state index contributed by atoms with van der Waals surface area (Å²) in [6, 6.07) is 61.1. The summed E-state index contributed by atoms with van der Waals surface area (Å²) in [4.78, 5) is 14.7. The molecule has 53 heavy (non-hydrogen) atoms. The van der Waals surface area contributed by atoms with E-state index in [0.717, 1.165) is 38.9 Å². The van der Waals surface area contributed by atoms with E-state index in [4.69, 9.17) is 15.0 Å². The summed E-state index contributed by atoms with van der Waals surface area (Å²) < 4.78 is 0. The first-order valence-electron chi connectivity index (χ1n) is 17.9. The van der Waals surface area contributed by atoms with Crippen LogP contribution in [0.3, 0.4) is 0 Å². The molecular formula is C49H34N4. The number of allylic oxidation sites excluding steroid dienone is 1. The fraction of sp³-hybridized carbons (Fsp3) is 0.0612. The highest BCUT2D eigenvalue weighted by Crippen LogP contribution is 2.45. The van der Waals surface area contributed by atoms with Gasteiger partial charge in [-0.1, -0.05) is 165 Å². The first kappa shape index (κ1) is 32.0. The Bertz CT molecular complexity index is 2630. The van der Waals surface area contributed by atoms with Crippen LogP contribution >= 0.6 is 0 Å². The van der Waals surface area contributed by atoms with E-state index in [9.17, 15) is 5.26 Å². The van der Waals surface area contributed by atoms with E-state index in [1.165, 1.54) is 27.5 Å². The zero-order chi connectivity index (χ0) is 35.7. The van der Waals surface area contributed by atoms with Gasteiger partial charge < -0.3 is 0 Å². The van der Waals surface area contributed by atoms with E-state index in [2.05, 4.69) is 122 Å². The lowest BCUT2D eigenvalue weighted by Gasteiger charge is -2.32. The number of nitriles is 1. The maximum atomic E-state index is 10.1. The minimum Gasteiger partial charge on any atom is -0.208 e. The Balaban J connectivity index is 1.08. The summed E-state index contributed by atoms with van der Waals surface area (Å²) in [6.45, 7) is 2.28. The van der Waals surface area contributed by atoms with Gasteiger partial charge in [0.25, 0.3) is 0 Å². The van der Waals surface area contributed by atoms with Crippen LogP contribution in [0, 0.1) is 17.2 Å². The van der Waals surface area contributed by atoms with Gasteiger partial charge in [-0.2, -0.15) is 5.26 Å². The zero-order valence-electron chi connectivity index (χ0n) is 29.2. The minimum absolute atomic E-state index is 0.0970. The molecule has 9 rings (SSSR count). The molecule has 1 aromatic heterocycles. The van der Waals surface area contributed by atoms with Crippen LogP contribution in [0.25, 0.3) is 61.6 Å². The Morgan fingerprint density at radius 2 is 1.02 bits per heavy atom. The Morgan fingerprint density at radius 1 is 0.472 bits per heavy atom. The number of fused-ring (bicyclic) bond motifs is 2. The highest BCUT2D eigenvalue weighted by molar-refractivity contribution is 5.88. The smallest absolute Gasteiger partial charge is 0.164 e. The molecule has 0 spiro atoms. The molecule has 1 aliphatic rings.